The second kappa shape index (κ2) is 14.3. The number of hydrogen-bond donors (Lipinski definition) is 7. The SMILES string of the molecule is CC(C)CC(NC(=O)C(CCCCN)NC(=O)CNC(=O)C(N)CC(=O)O)C(=O)O. The molecule has 0 rings (SSSR count). The molecule has 3 unspecified atom stereocenters. The predicted octanol–water partition coefficient (Wildman–Crippen LogP) is -1.87. The van der Waals surface area contributed by atoms with Crippen LogP contribution in [0.15, 0.2) is 0 Å². The Kier molecular flexibility index (Phi) is 13.0. The molecule has 0 fully saturated rings. The molecule has 9 N–H and O–H groups in total. The van der Waals surface area contributed by atoms with Gasteiger partial charge in [0.25, 0.3) is 0 Å². The molecule has 0 saturated carbocycles. The van der Waals surface area contributed by atoms with Crippen LogP contribution in [0.25, 0.3) is 0 Å². The molecule has 3 atom stereocenters. The van der Waals surface area contributed by atoms with Crippen LogP contribution in [0.1, 0.15) is 46.0 Å². The molecule has 0 aromatic rings. The van der Waals surface area contributed by atoms with Crippen molar-refractivity contribution in [3.63, 3.8) is 0 Å². The fourth-order valence-corrected chi connectivity index (χ4v) is 2.55. The third-order valence-electron chi connectivity index (χ3n) is 4.07. The number of carboxylic acids is 2. The van der Waals surface area contributed by atoms with Crippen LogP contribution in [0.4, 0.5) is 0 Å². The van der Waals surface area contributed by atoms with Gasteiger partial charge < -0.3 is 37.6 Å². The molecule has 30 heavy (non-hydrogen) atoms. The third kappa shape index (κ3) is 12.0. The highest BCUT2D eigenvalue weighted by atomic mass is 16.4. The van der Waals surface area contributed by atoms with Crippen molar-refractivity contribution in [2.75, 3.05) is 13.1 Å². The van der Waals surface area contributed by atoms with Crippen molar-refractivity contribution in [2.24, 2.45) is 17.4 Å². The molecule has 0 spiro atoms. The largest absolute Gasteiger partial charge is 0.481 e. The van der Waals surface area contributed by atoms with E-state index in [1.807, 2.05) is 13.8 Å². The summed E-state index contributed by atoms with van der Waals surface area (Å²) in [6.07, 6.45) is 0.989. The van der Waals surface area contributed by atoms with Gasteiger partial charge in [0.05, 0.1) is 19.0 Å². The van der Waals surface area contributed by atoms with Crippen LogP contribution in [0.3, 0.4) is 0 Å². The number of aliphatic carboxylic acids is 2. The summed E-state index contributed by atoms with van der Waals surface area (Å²) in [7, 11) is 0. The summed E-state index contributed by atoms with van der Waals surface area (Å²) >= 11 is 0. The molecule has 0 bridgehead atoms. The van der Waals surface area contributed by atoms with Gasteiger partial charge in [-0.15, -0.1) is 0 Å². The Morgan fingerprint density at radius 1 is 0.933 bits per heavy atom. The van der Waals surface area contributed by atoms with Crippen molar-refractivity contribution in [1.82, 2.24) is 16.0 Å². The third-order valence-corrected chi connectivity index (χ3v) is 4.07. The Bertz CT molecular complexity index is 612. The number of rotatable bonds is 15. The standard InChI is InChI=1S/C18H33N5O7/c1-10(2)7-13(18(29)30)23-17(28)12(5-3-4-6-19)22-14(24)9-21-16(27)11(20)8-15(25)26/h10-13H,3-9,19-20H2,1-2H3,(H,21,27)(H,22,24)(H,23,28)(H,25,26)(H,29,30). The molecular formula is C18H33N5O7. The van der Waals surface area contributed by atoms with Gasteiger partial charge in [0, 0.05) is 0 Å². The molecular weight excluding hydrogens is 398 g/mol. The fourth-order valence-electron chi connectivity index (χ4n) is 2.55. The van der Waals surface area contributed by atoms with Gasteiger partial charge in [-0.25, -0.2) is 4.79 Å². The lowest BCUT2D eigenvalue weighted by atomic mass is 10.0. The van der Waals surface area contributed by atoms with E-state index in [4.69, 9.17) is 16.6 Å². The van der Waals surface area contributed by atoms with Gasteiger partial charge >= 0.3 is 11.9 Å². The number of amides is 3. The molecule has 0 aromatic heterocycles. The van der Waals surface area contributed by atoms with Gasteiger partial charge in [0.1, 0.15) is 12.1 Å². The molecule has 12 heteroatoms. The molecule has 0 heterocycles. The monoisotopic (exact) mass is 431 g/mol. The van der Waals surface area contributed by atoms with Crippen molar-refractivity contribution in [2.45, 2.75) is 64.1 Å². The maximum atomic E-state index is 12.5. The molecule has 172 valence electrons. The van der Waals surface area contributed by atoms with Gasteiger partial charge in [-0.05, 0) is 38.1 Å². The lowest BCUT2D eigenvalue weighted by molar-refractivity contribution is -0.142. The first-order chi connectivity index (χ1) is 14.0. The Morgan fingerprint density at radius 2 is 1.57 bits per heavy atom. The number of nitrogens with one attached hydrogen (secondary N) is 3. The molecule has 12 nitrogen and oxygen atoms in total. The van der Waals surface area contributed by atoms with Crippen molar-refractivity contribution in [3.8, 4) is 0 Å². The number of carboxylic acid groups (broad SMARTS) is 2. The van der Waals surface area contributed by atoms with E-state index in [0.29, 0.717) is 19.4 Å². The van der Waals surface area contributed by atoms with E-state index in [1.165, 1.54) is 0 Å². The Balaban J connectivity index is 4.92. The highest BCUT2D eigenvalue weighted by Crippen LogP contribution is 2.07. The summed E-state index contributed by atoms with van der Waals surface area (Å²) < 4.78 is 0. The van der Waals surface area contributed by atoms with Gasteiger partial charge in [-0.3, -0.25) is 19.2 Å². The lowest BCUT2D eigenvalue weighted by Gasteiger charge is -2.22. The number of carbonyl (C=O) groups excluding carboxylic acids is 3. The highest BCUT2D eigenvalue weighted by Gasteiger charge is 2.27. The molecule has 0 radical (unpaired) electrons. The summed E-state index contributed by atoms with van der Waals surface area (Å²) in [4.78, 5) is 58.3. The van der Waals surface area contributed by atoms with Crippen molar-refractivity contribution < 1.29 is 34.2 Å². The van der Waals surface area contributed by atoms with Crippen LogP contribution in [0, 0.1) is 5.92 Å². The van der Waals surface area contributed by atoms with Crippen LogP contribution in [-0.2, 0) is 24.0 Å². The molecule has 0 saturated heterocycles. The van der Waals surface area contributed by atoms with Crippen LogP contribution >= 0.6 is 0 Å². The van der Waals surface area contributed by atoms with Gasteiger partial charge in [0.15, 0.2) is 0 Å². The first-order valence-corrected chi connectivity index (χ1v) is 9.75. The van der Waals surface area contributed by atoms with Gasteiger partial charge in [0.2, 0.25) is 17.7 Å². The number of nitrogens with two attached hydrogens (primary N) is 2. The molecule has 0 aliphatic carbocycles. The predicted molar refractivity (Wildman–Crippen MR) is 107 cm³/mol. The first kappa shape index (κ1) is 27.3. The Labute approximate surface area is 175 Å². The highest BCUT2D eigenvalue weighted by molar-refractivity contribution is 5.93. The summed E-state index contributed by atoms with van der Waals surface area (Å²) in [5.41, 5.74) is 10.8. The van der Waals surface area contributed by atoms with E-state index in [-0.39, 0.29) is 18.8 Å². The second-order valence-electron chi connectivity index (χ2n) is 7.36. The van der Waals surface area contributed by atoms with Crippen molar-refractivity contribution in [1.29, 1.82) is 0 Å². The number of hydrogen-bond acceptors (Lipinski definition) is 7. The first-order valence-electron chi connectivity index (χ1n) is 9.75. The maximum absolute atomic E-state index is 12.5. The van der Waals surface area contributed by atoms with Crippen LogP contribution in [0.2, 0.25) is 0 Å². The van der Waals surface area contributed by atoms with E-state index in [0.717, 1.165) is 0 Å². The molecule has 3 amide bonds. The Morgan fingerprint density at radius 3 is 2.07 bits per heavy atom. The quantitative estimate of drug-likeness (QED) is 0.144. The lowest BCUT2D eigenvalue weighted by Crippen LogP contribution is -2.54. The average molecular weight is 431 g/mol. The summed E-state index contributed by atoms with van der Waals surface area (Å²) in [5.74, 6) is -4.57. The summed E-state index contributed by atoms with van der Waals surface area (Å²) in [6, 6.07) is -3.42. The smallest absolute Gasteiger partial charge is 0.326 e. The molecule has 0 aliphatic heterocycles. The van der Waals surface area contributed by atoms with Crippen LogP contribution in [0.5, 0.6) is 0 Å². The topological polar surface area (TPSA) is 214 Å². The summed E-state index contributed by atoms with van der Waals surface area (Å²) in [6.45, 7) is 3.52. The fraction of sp³-hybridized carbons (Fsp3) is 0.722. The summed E-state index contributed by atoms with van der Waals surface area (Å²) in [5, 5.41) is 25.0. The van der Waals surface area contributed by atoms with E-state index >= 15 is 0 Å². The number of carbonyl (C=O) groups is 5. The zero-order valence-corrected chi connectivity index (χ0v) is 17.3. The molecule has 0 aromatic carbocycles. The van der Waals surface area contributed by atoms with E-state index in [1.54, 1.807) is 0 Å². The maximum Gasteiger partial charge on any atom is 0.326 e. The average Bonchev–Trinajstić information content (AvgIpc) is 2.63. The van der Waals surface area contributed by atoms with Crippen LogP contribution < -0.4 is 27.4 Å². The van der Waals surface area contributed by atoms with Crippen LogP contribution in [-0.4, -0.2) is 71.1 Å². The minimum Gasteiger partial charge on any atom is -0.481 e. The van der Waals surface area contributed by atoms with Gasteiger partial charge in [-0.1, -0.05) is 13.8 Å². The minimum atomic E-state index is -1.31. The van der Waals surface area contributed by atoms with Crippen molar-refractivity contribution >= 4 is 29.7 Å². The van der Waals surface area contributed by atoms with Crippen molar-refractivity contribution in [3.05, 3.63) is 0 Å². The number of unbranched alkanes of at least 4 members (excludes halogenated alkanes) is 1. The normalized spacial score (nSPS) is 13.8. The van der Waals surface area contributed by atoms with E-state index in [9.17, 15) is 29.1 Å². The molecule has 0 aliphatic rings. The van der Waals surface area contributed by atoms with E-state index < -0.39 is 60.8 Å². The van der Waals surface area contributed by atoms with E-state index in [2.05, 4.69) is 16.0 Å². The zero-order valence-electron chi connectivity index (χ0n) is 17.3. The zero-order chi connectivity index (χ0) is 23.3. The Hall–Kier alpha value is -2.73. The minimum absolute atomic E-state index is 0.0295. The van der Waals surface area contributed by atoms with Gasteiger partial charge in [-0.2, -0.15) is 0 Å². The second-order valence-corrected chi connectivity index (χ2v) is 7.36.